The van der Waals surface area contributed by atoms with E-state index in [1.807, 2.05) is 30.4 Å². The third-order valence-electron chi connectivity index (χ3n) is 7.87. The van der Waals surface area contributed by atoms with E-state index in [1.54, 1.807) is 18.2 Å². The maximum Gasteiger partial charge on any atom is 0.472 e. The number of carbonyl (C=O) groups is 2. The molecule has 0 aromatic heterocycles. The number of phosphoric acid groups is 1. The molecule has 1 unspecified atom stereocenters. The van der Waals surface area contributed by atoms with Crippen LogP contribution < -0.4 is 0 Å². The summed E-state index contributed by atoms with van der Waals surface area (Å²) in [5.74, 6) is -0.444. The number of aliphatic hydroxyl groups excluding tert-OH is 4. The van der Waals surface area contributed by atoms with Gasteiger partial charge in [0.1, 0.15) is 12.7 Å². The van der Waals surface area contributed by atoms with Crippen LogP contribution in [0.3, 0.4) is 0 Å². The lowest BCUT2D eigenvalue weighted by Gasteiger charge is -2.20. The highest BCUT2D eigenvalue weighted by molar-refractivity contribution is 7.47. The molecule has 52 heavy (non-hydrogen) atoms. The van der Waals surface area contributed by atoms with E-state index in [4.69, 9.17) is 19.1 Å². The highest BCUT2D eigenvalue weighted by atomic mass is 31.2. The molecule has 302 valence electrons. The molecule has 0 rings (SSSR count). The quantitative estimate of drug-likeness (QED) is 0.0193. The van der Waals surface area contributed by atoms with E-state index in [1.165, 1.54) is 19.3 Å². The number of ether oxygens (including phenoxy) is 2. The Kier molecular flexibility index (Phi) is 32.0. The van der Waals surface area contributed by atoms with Crippen LogP contribution in [0.25, 0.3) is 0 Å². The summed E-state index contributed by atoms with van der Waals surface area (Å²) in [4.78, 5) is 34.8. The Bertz CT molecular complexity index is 1060. The van der Waals surface area contributed by atoms with Crippen molar-refractivity contribution in [3.05, 3.63) is 48.6 Å². The molecule has 0 aliphatic carbocycles. The average molecular weight is 761 g/mol. The number of aliphatic hydroxyl groups is 4. The summed E-state index contributed by atoms with van der Waals surface area (Å²) in [7, 11) is -4.67. The lowest BCUT2D eigenvalue weighted by Crippen LogP contribution is -2.30. The van der Waals surface area contributed by atoms with Crippen molar-refractivity contribution in [2.45, 2.75) is 154 Å². The number of rotatable bonds is 34. The van der Waals surface area contributed by atoms with Gasteiger partial charge in [-0.3, -0.25) is 18.6 Å². The highest BCUT2D eigenvalue weighted by Crippen LogP contribution is 2.43. The van der Waals surface area contributed by atoms with E-state index >= 15 is 0 Å². The molecule has 0 fully saturated rings. The molecule has 0 amide bonds. The minimum atomic E-state index is -4.67. The summed E-state index contributed by atoms with van der Waals surface area (Å²) in [6.45, 7) is 4.22. The number of allylic oxidation sites excluding steroid dienone is 6. The SMILES string of the molecule is CCCCC[C@H](O)/C=C/C=C\C/C=C\C=C\[C@H](O)CCCC(=O)OC[C@H](COP(=O)(O)OC[C@@H](O)CO)OC(=O)CCCCCCCCCC(C)C. The molecule has 0 saturated carbocycles. The predicted molar refractivity (Wildman–Crippen MR) is 203 cm³/mol. The molecule has 12 nitrogen and oxygen atoms in total. The molecule has 5 N–H and O–H groups in total. The van der Waals surface area contributed by atoms with Gasteiger partial charge in [-0.2, -0.15) is 0 Å². The number of unbranched alkanes of at least 4 members (excludes halogenated alkanes) is 8. The third-order valence-corrected chi connectivity index (χ3v) is 8.82. The van der Waals surface area contributed by atoms with Gasteiger partial charge in [0.25, 0.3) is 0 Å². The van der Waals surface area contributed by atoms with E-state index in [-0.39, 0.29) is 12.8 Å². The molecule has 0 bridgehead atoms. The van der Waals surface area contributed by atoms with Gasteiger partial charge < -0.3 is 34.8 Å². The van der Waals surface area contributed by atoms with Crippen molar-refractivity contribution in [3.63, 3.8) is 0 Å². The van der Waals surface area contributed by atoms with Crippen LogP contribution in [0, 0.1) is 5.92 Å². The van der Waals surface area contributed by atoms with E-state index in [2.05, 4.69) is 25.3 Å². The Morgan fingerprint density at radius 2 is 1.21 bits per heavy atom. The van der Waals surface area contributed by atoms with Crippen molar-refractivity contribution in [1.82, 2.24) is 0 Å². The van der Waals surface area contributed by atoms with Gasteiger partial charge in [0.15, 0.2) is 6.10 Å². The van der Waals surface area contributed by atoms with Crippen LogP contribution in [0.15, 0.2) is 48.6 Å². The lowest BCUT2D eigenvalue weighted by molar-refractivity contribution is -0.161. The number of phosphoric ester groups is 1. The Balaban J connectivity index is 4.61. The molecule has 0 aromatic rings. The Morgan fingerprint density at radius 1 is 0.673 bits per heavy atom. The summed E-state index contributed by atoms with van der Waals surface area (Å²) in [6, 6.07) is 0. The van der Waals surface area contributed by atoms with E-state index in [0.29, 0.717) is 25.7 Å². The summed E-state index contributed by atoms with van der Waals surface area (Å²) >= 11 is 0. The Morgan fingerprint density at radius 3 is 1.81 bits per heavy atom. The molecule has 5 atom stereocenters. The Labute approximate surface area is 312 Å². The molecule has 0 aliphatic rings. The fourth-order valence-corrected chi connectivity index (χ4v) is 5.59. The van der Waals surface area contributed by atoms with Crippen molar-refractivity contribution in [1.29, 1.82) is 0 Å². The summed E-state index contributed by atoms with van der Waals surface area (Å²) in [5.41, 5.74) is 0. The second-order valence-electron chi connectivity index (χ2n) is 13.5. The zero-order valence-corrected chi connectivity index (χ0v) is 32.8. The second kappa shape index (κ2) is 33.4. The largest absolute Gasteiger partial charge is 0.472 e. The first-order valence-electron chi connectivity index (χ1n) is 19.2. The van der Waals surface area contributed by atoms with Gasteiger partial charge in [0, 0.05) is 12.8 Å². The number of carbonyl (C=O) groups excluding carboxylic acids is 2. The molecule has 0 radical (unpaired) electrons. The third kappa shape index (κ3) is 33.7. The van der Waals surface area contributed by atoms with Crippen molar-refractivity contribution in [3.8, 4) is 0 Å². The van der Waals surface area contributed by atoms with E-state index in [9.17, 15) is 34.4 Å². The van der Waals surface area contributed by atoms with Crippen molar-refractivity contribution < 1.29 is 58.0 Å². The maximum atomic E-state index is 12.5. The smallest absolute Gasteiger partial charge is 0.462 e. The van der Waals surface area contributed by atoms with Gasteiger partial charge in [0.2, 0.25) is 0 Å². The first kappa shape index (κ1) is 49.9. The zero-order valence-electron chi connectivity index (χ0n) is 31.9. The minimum Gasteiger partial charge on any atom is -0.462 e. The first-order chi connectivity index (χ1) is 24.9. The van der Waals surface area contributed by atoms with Crippen LogP contribution in [0.4, 0.5) is 0 Å². The minimum absolute atomic E-state index is 0.00794. The highest BCUT2D eigenvalue weighted by Gasteiger charge is 2.27. The van der Waals surface area contributed by atoms with Crippen molar-refractivity contribution in [2.24, 2.45) is 5.92 Å². The number of hydrogen-bond acceptors (Lipinski definition) is 11. The Hall–Kier alpha value is -2.15. The van der Waals surface area contributed by atoms with Gasteiger partial charge in [-0.25, -0.2) is 4.57 Å². The lowest BCUT2D eigenvalue weighted by atomic mass is 10.0. The van der Waals surface area contributed by atoms with Gasteiger partial charge in [-0.1, -0.05) is 134 Å². The van der Waals surface area contributed by atoms with Crippen LogP contribution in [-0.4, -0.2) is 88.1 Å². The van der Waals surface area contributed by atoms with Crippen LogP contribution in [-0.2, 0) is 32.7 Å². The van der Waals surface area contributed by atoms with Gasteiger partial charge >= 0.3 is 19.8 Å². The van der Waals surface area contributed by atoms with Crippen molar-refractivity contribution in [2.75, 3.05) is 26.4 Å². The fraction of sp³-hybridized carbons (Fsp3) is 0.744. The van der Waals surface area contributed by atoms with Crippen LogP contribution in [0.2, 0.25) is 0 Å². The normalized spacial score (nSPS) is 15.9. The molecule has 0 saturated heterocycles. The molecule has 0 spiro atoms. The molecule has 13 heteroatoms. The van der Waals surface area contributed by atoms with Crippen molar-refractivity contribution >= 4 is 19.8 Å². The van der Waals surface area contributed by atoms with Gasteiger partial charge in [-0.05, 0) is 38.0 Å². The van der Waals surface area contributed by atoms with E-state index in [0.717, 1.165) is 57.3 Å². The van der Waals surface area contributed by atoms with Crippen LogP contribution in [0.5, 0.6) is 0 Å². The monoisotopic (exact) mass is 760 g/mol. The molecule has 0 aromatic carbocycles. The zero-order chi connectivity index (χ0) is 38.9. The predicted octanol–water partition coefficient (Wildman–Crippen LogP) is 7.18. The van der Waals surface area contributed by atoms with Gasteiger partial charge in [0.05, 0.1) is 32.0 Å². The van der Waals surface area contributed by atoms with Gasteiger partial charge in [-0.15, -0.1) is 0 Å². The van der Waals surface area contributed by atoms with Crippen LogP contribution >= 0.6 is 7.82 Å². The fourth-order valence-electron chi connectivity index (χ4n) is 4.80. The standard InChI is InChI=1S/C39H69O12P/c1-4-5-16-23-34(41)24-18-13-9-7-10-14-19-25-35(42)26-21-28-38(44)48-31-37(32-50-52(46,47)49-30-36(43)29-40)51-39(45)27-20-15-11-6-8-12-17-22-33(2)3/h9-10,13-14,18-19,24-25,33-37,40-43H,4-8,11-12,15-17,20-23,26-32H2,1-3H3,(H,46,47)/b13-9-,14-10-,24-18+,25-19+/t34-,35-,36-,37+/m0/s1. The summed E-state index contributed by atoms with van der Waals surface area (Å²) in [5, 5.41) is 38.3. The molecule has 0 heterocycles. The molecular weight excluding hydrogens is 691 g/mol. The molecule has 0 aliphatic heterocycles. The molecular formula is C39H69O12P. The first-order valence-corrected chi connectivity index (χ1v) is 20.7. The van der Waals surface area contributed by atoms with E-state index < -0.39 is 70.6 Å². The second-order valence-corrected chi connectivity index (χ2v) is 14.9. The topological polar surface area (TPSA) is 189 Å². The number of esters is 2. The average Bonchev–Trinajstić information content (AvgIpc) is 3.10. The maximum absolute atomic E-state index is 12.5. The van der Waals surface area contributed by atoms with Crippen LogP contribution in [0.1, 0.15) is 130 Å². The summed E-state index contributed by atoms with van der Waals surface area (Å²) < 4.78 is 32.4. The number of hydrogen-bond donors (Lipinski definition) is 5. The summed E-state index contributed by atoms with van der Waals surface area (Å²) in [6.07, 6.45) is 24.7.